The molecule has 1 aromatic carbocycles. The molecule has 0 saturated carbocycles. The van der Waals surface area contributed by atoms with Gasteiger partial charge in [0.2, 0.25) is 0 Å². The van der Waals surface area contributed by atoms with Crippen molar-refractivity contribution in [3.05, 3.63) is 42.2 Å². The normalized spacial score (nSPS) is 9.00. The summed E-state index contributed by atoms with van der Waals surface area (Å²) in [5.41, 5.74) is 0.704. The summed E-state index contributed by atoms with van der Waals surface area (Å²) in [6.45, 7) is 5.13. The van der Waals surface area contributed by atoms with Crippen molar-refractivity contribution in [2.75, 3.05) is 0 Å². The Kier molecular flexibility index (Phi) is 1.63. The van der Waals surface area contributed by atoms with Crippen LogP contribution in [0.4, 0.5) is 4.39 Å². The molecule has 0 aliphatic rings. The SMILES string of the molecule is [CH]=Cc1cccc(F)c1. The Morgan fingerprint density at radius 2 is 2.22 bits per heavy atom. The van der Waals surface area contributed by atoms with Crippen LogP contribution in [0.5, 0.6) is 0 Å². The van der Waals surface area contributed by atoms with Crippen molar-refractivity contribution in [1.82, 2.24) is 0 Å². The zero-order valence-corrected chi connectivity index (χ0v) is 4.84. The molecular weight excluding hydrogens is 115 g/mol. The van der Waals surface area contributed by atoms with Gasteiger partial charge < -0.3 is 0 Å². The van der Waals surface area contributed by atoms with Crippen LogP contribution >= 0.6 is 0 Å². The number of hydrogen-bond acceptors (Lipinski definition) is 0. The van der Waals surface area contributed by atoms with Crippen molar-refractivity contribution < 1.29 is 4.39 Å². The maximum atomic E-state index is 12.3. The molecule has 0 aromatic heterocycles. The number of hydrogen-bond donors (Lipinski definition) is 0. The van der Waals surface area contributed by atoms with E-state index in [1.807, 2.05) is 0 Å². The van der Waals surface area contributed by atoms with Crippen LogP contribution in [0.25, 0.3) is 6.08 Å². The molecule has 1 radical (unpaired) electrons. The molecule has 1 aromatic rings. The largest absolute Gasteiger partial charge is 0.207 e. The first kappa shape index (κ1) is 6.02. The van der Waals surface area contributed by atoms with Gasteiger partial charge in [0, 0.05) is 0 Å². The zero-order valence-electron chi connectivity index (χ0n) is 4.84. The fourth-order valence-electron chi connectivity index (χ4n) is 0.610. The highest BCUT2D eigenvalue weighted by Gasteiger charge is 1.86. The van der Waals surface area contributed by atoms with E-state index in [4.69, 9.17) is 6.58 Å². The second-order valence-electron chi connectivity index (χ2n) is 1.72. The Balaban J connectivity index is 3.07. The van der Waals surface area contributed by atoms with E-state index in [1.54, 1.807) is 12.1 Å². The van der Waals surface area contributed by atoms with Crippen LogP contribution in [0.2, 0.25) is 0 Å². The highest BCUT2D eigenvalue weighted by Crippen LogP contribution is 2.03. The Morgan fingerprint density at radius 1 is 1.44 bits per heavy atom. The van der Waals surface area contributed by atoms with E-state index < -0.39 is 0 Å². The number of halogens is 1. The average molecular weight is 121 g/mol. The van der Waals surface area contributed by atoms with Gasteiger partial charge in [-0.1, -0.05) is 24.8 Å². The van der Waals surface area contributed by atoms with E-state index in [0.717, 1.165) is 0 Å². The van der Waals surface area contributed by atoms with Crippen molar-refractivity contribution in [3.8, 4) is 0 Å². The second kappa shape index (κ2) is 2.44. The summed E-state index contributed by atoms with van der Waals surface area (Å²) in [6, 6.07) is 6.12. The molecule has 0 heterocycles. The summed E-state index contributed by atoms with van der Waals surface area (Å²) in [6.07, 6.45) is 1.36. The van der Waals surface area contributed by atoms with Crippen LogP contribution in [0, 0.1) is 12.4 Å². The lowest BCUT2D eigenvalue weighted by molar-refractivity contribution is 0.627. The minimum atomic E-state index is -0.255. The lowest BCUT2D eigenvalue weighted by Crippen LogP contribution is -1.73. The van der Waals surface area contributed by atoms with E-state index in [9.17, 15) is 4.39 Å². The molecule has 0 fully saturated rings. The highest BCUT2D eigenvalue weighted by atomic mass is 19.1. The summed E-state index contributed by atoms with van der Waals surface area (Å²) in [7, 11) is 0. The van der Waals surface area contributed by atoms with Gasteiger partial charge in [-0.15, -0.1) is 0 Å². The van der Waals surface area contributed by atoms with Crippen LogP contribution in [0.1, 0.15) is 5.56 Å². The minimum Gasteiger partial charge on any atom is -0.207 e. The van der Waals surface area contributed by atoms with Gasteiger partial charge in [0.25, 0.3) is 0 Å². The summed E-state index contributed by atoms with van der Waals surface area (Å²) < 4.78 is 12.3. The minimum absolute atomic E-state index is 0.255. The van der Waals surface area contributed by atoms with Gasteiger partial charge in [-0.25, -0.2) is 4.39 Å². The van der Waals surface area contributed by atoms with Crippen molar-refractivity contribution >= 4 is 6.08 Å². The van der Waals surface area contributed by atoms with Gasteiger partial charge >= 0.3 is 0 Å². The van der Waals surface area contributed by atoms with E-state index in [-0.39, 0.29) is 5.82 Å². The predicted molar refractivity (Wildman–Crippen MR) is 35.2 cm³/mol. The third-order valence-electron chi connectivity index (χ3n) is 1.04. The third-order valence-corrected chi connectivity index (χ3v) is 1.04. The van der Waals surface area contributed by atoms with Crippen molar-refractivity contribution in [2.45, 2.75) is 0 Å². The fourth-order valence-corrected chi connectivity index (χ4v) is 0.610. The van der Waals surface area contributed by atoms with Gasteiger partial charge in [-0.2, -0.15) is 0 Å². The molecule has 0 amide bonds. The molecule has 0 aliphatic carbocycles. The van der Waals surface area contributed by atoms with E-state index >= 15 is 0 Å². The zero-order chi connectivity index (χ0) is 6.69. The van der Waals surface area contributed by atoms with Crippen LogP contribution in [0.3, 0.4) is 0 Å². The second-order valence-corrected chi connectivity index (χ2v) is 1.72. The molecule has 0 spiro atoms. The summed E-state index contributed by atoms with van der Waals surface area (Å²) in [5, 5.41) is 0. The van der Waals surface area contributed by atoms with Gasteiger partial charge in [-0.05, 0) is 17.7 Å². The van der Waals surface area contributed by atoms with Crippen LogP contribution in [0.15, 0.2) is 24.3 Å². The molecule has 0 unspecified atom stereocenters. The first-order valence-electron chi connectivity index (χ1n) is 2.63. The number of rotatable bonds is 1. The Bertz CT molecular complexity index is 216. The van der Waals surface area contributed by atoms with E-state index in [1.165, 1.54) is 18.2 Å². The first-order chi connectivity index (χ1) is 4.33. The highest BCUT2D eigenvalue weighted by molar-refractivity contribution is 5.44. The molecule has 0 N–H and O–H groups in total. The molecular formula is C8H6F. The topological polar surface area (TPSA) is 0 Å². The molecule has 0 bridgehead atoms. The van der Waals surface area contributed by atoms with Crippen molar-refractivity contribution in [3.63, 3.8) is 0 Å². The standard InChI is InChI=1S/C8H6F/c1-2-7-4-3-5-8(9)6-7/h1-6H. The maximum absolute atomic E-state index is 12.3. The smallest absolute Gasteiger partial charge is 0.123 e. The van der Waals surface area contributed by atoms with Crippen LogP contribution in [-0.4, -0.2) is 0 Å². The Hall–Kier alpha value is -1.11. The molecule has 0 atom stereocenters. The lowest BCUT2D eigenvalue weighted by atomic mass is 10.2. The molecule has 0 aliphatic heterocycles. The maximum Gasteiger partial charge on any atom is 0.123 e. The summed E-state index contributed by atoms with van der Waals surface area (Å²) in [4.78, 5) is 0. The average Bonchev–Trinajstić information content (AvgIpc) is 1.88. The van der Waals surface area contributed by atoms with Crippen molar-refractivity contribution in [1.29, 1.82) is 0 Å². The predicted octanol–water partition coefficient (Wildman–Crippen LogP) is 2.27. The lowest BCUT2D eigenvalue weighted by Gasteiger charge is -1.89. The van der Waals surface area contributed by atoms with Gasteiger partial charge in [-0.3, -0.25) is 0 Å². The monoisotopic (exact) mass is 121 g/mol. The van der Waals surface area contributed by atoms with Crippen LogP contribution < -0.4 is 0 Å². The fraction of sp³-hybridized carbons (Fsp3) is 0. The first-order valence-corrected chi connectivity index (χ1v) is 2.63. The summed E-state index contributed by atoms with van der Waals surface area (Å²) >= 11 is 0. The van der Waals surface area contributed by atoms with Gasteiger partial charge in [0.15, 0.2) is 0 Å². The van der Waals surface area contributed by atoms with Crippen molar-refractivity contribution in [2.24, 2.45) is 0 Å². The molecule has 1 heteroatoms. The van der Waals surface area contributed by atoms with Gasteiger partial charge in [0.05, 0.1) is 0 Å². The summed E-state index contributed by atoms with van der Waals surface area (Å²) in [5.74, 6) is -0.255. The number of benzene rings is 1. The molecule has 9 heavy (non-hydrogen) atoms. The molecule has 0 saturated heterocycles. The quantitative estimate of drug-likeness (QED) is 0.534. The van der Waals surface area contributed by atoms with Crippen LogP contribution in [-0.2, 0) is 0 Å². The van der Waals surface area contributed by atoms with E-state index in [0.29, 0.717) is 5.56 Å². The molecule has 45 valence electrons. The van der Waals surface area contributed by atoms with Gasteiger partial charge in [0.1, 0.15) is 5.82 Å². The Morgan fingerprint density at radius 3 is 2.67 bits per heavy atom. The van der Waals surface area contributed by atoms with E-state index in [2.05, 4.69) is 0 Å². The molecule has 1 rings (SSSR count). The third kappa shape index (κ3) is 1.39. The Labute approximate surface area is 53.6 Å². The molecule has 0 nitrogen and oxygen atoms in total.